The minimum atomic E-state index is -0.184. The Kier molecular flexibility index (Phi) is 7.00. The summed E-state index contributed by atoms with van der Waals surface area (Å²) < 4.78 is 16.3. The SMILES string of the molecule is COCc1ccccc1CNC(=O)c1ccc(OCc2cscn2)c(OC)c1. The van der Waals surface area contributed by atoms with Crippen LogP contribution >= 0.6 is 11.3 Å². The topological polar surface area (TPSA) is 69.7 Å². The Morgan fingerprint density at radius 3 is 2.61 bits per heavy atom. The third kappa shape index (κ3) is 5.09. The molecular weight excluding hydrogens is 376 g/mol. The first kappa shape index (κ1) is 19.9. The second-order valence-corrected chi connectivity index (χ2v) is 6.74. The lowest BCUT2D eigenvalue weighted by Gasteiger charge is -2.13. The maximum absolute atomic E-state index is 12.6. The van der Waals surface area contributed by atoms with Gasteiger partial charge in [0, 0.05) is 24.6 Å². The van der Waals surface area contributed by atoms with E-state index < -0.39 is 0 Å². The summed E-state index contributed by atoms with van der Waals surface area (Å²) in [6.07, 6.45) is 0. The van der Waals surface area contributed by atoms with Gasteiger partial charge in [0.1, 0.15) is 6.61 Å². The molecule has 6 nitrogen and oxygen atoms in total. The highest BCUT2D eigenvalue weighted by Crippen LogP contribution is 2.29. The molecule has 0 aliphatic carbocycles. The second kappa shape index (κ2) is 9.87. The average molecular weight is 398 g/mol. The smallest absolute Gasteiger partial charge is 0.251 e. The number of ether oxygens (including phenoxy) is 3. The van der Waals surface area contributed by atoms with E-state index in [0.717, 1.165) is 16.8 Å². The summed E-state index contributed by atoms with van der Waals surface area (Å²) in [5.41, 5.74) is 5.18. The van der Waals surface area contributed by atoms with Crippen molar-refractivity contribution in [3.63, 3.8) is 0 Å². The number of hydrogen-bond donors (Lipinski definition) is 1. The van der Waals surface area contributed by atoms with Crippen LogP contribution in [0.1, 0.15) is 27.2 Å². The molecule has 2 aromatic carbocycles. The number of thiazole rings is 1. The van der Waals surface area contributed by atoms with Gasteiger partial charge in [-0.3, -0.25) is 4.79 Å². The first-order valence-electron chi connectivity index (χ1n) is 8.73. The Labute approximate surface area is 168 Å². The number of nitrogens with zero attached hydrogens (tertiary/aromatic N) is 1. The minimum absolute atomic E-state index is 0.184. The number of aromatic nitrogens is 1. The zero-order chi connectivity index (χ0) is 19.8. The lowest BCUT2D eigenvalue weighted by molar-refractivity contribution is 0.0950. The first-order chi connectivity index (χ1) is 13.7. The van der Waals surface area contributed by atoms with Gasteiger partial charge in [0.15, 0.2) is 11.5 Å². The van der Waals surface area contributed by atoms with Crippen molar-refractivity contribution in [3.05, 3.63) is 75.7 Å². The lowest BCUT2D eigenvalue weighted by Crippen LogP contribution is -2.23. The molecule has 0 bridgehead atoms. The van der Waals surface area contributed by atoms with E-state index in [0.29, 0.717) is 36.8 Å². The van der Waals surface area contributed by atoms with E-state index in [1.165, 1.54) is 11.3 Å². The van der Waals surface area contributed by atoms with Crippen molar-refractivity contribution >= 4 is 17.2 Å². The molecule has 0 spiro atoms. The number of rotatable bonds is 9. The number of amides is 1. The predicted octanol–water partition coefficient (Wildman–Crippen LogP) is 3.81. The third-order valence-electron chi connectivity index (χ3n) is 4.14. The Hall–Kier alpha value is -2.90. The molecule has 1 N–H and O–H groups in total. The van der Waals surface area contributed by atoms with Crippen molar-refractivity contribution in [1.82, 2.24) is 10.3 Å². The third-order valence-corrected chi connectivity index (χ3v) is 4.78. The van der Waals surface area contributed by atoms with Gasteiger partial charge in [0.05, 0.1) is 24.9 Å². The summed E-state index contributed by atoms with van der Waals surface area (Å²) in [5, 5.41) is 4.87. The standard InChI is InChI=1S/C21H22N2O4S/c1-25-11-17-6-4-3-5-16(17)10-22-21(24)15-7-8-19(20(9-15)26-2)27-12-18-13-28-14-23-18/h3-9,13-14H,10-12H2,1-2H3,(H,22,24). The van der Waals surface area contributed by atoms with Crippen LogP contribution in [0, 0.1) is 0 Å². The second-order valence-electron chi connectivity index (χ2n) is 6.02. The van der Waals surface area contributed by atoms with Gasteiger partial charge in [-0.05, 0) is 29.3 Å². The van der Waals surface area contributed by atoms with Crippen LogP contribution in [0.5, 0.6) is 11.5 Å². The molecule has 1 heterocycles. The first-order valence-corrected chi connectivity index (χ1v) is 9.67. The van der Waals surface area contributed by atoms with Crippen molar-refractivity contribution in [2.24, 2.45) is 0 Å². The van der Waals surface area contributed by atoms with Crippen LogP contribution in [-0.4, -0.2) is 25.1 Å². The molecule has 3 aromatic rings. The molecule has 1 aromatic heterocycles. The van der Waals surface area contributed by atoms with Crippen molar-refractivity contribution in [1.29, 1.82) is 0 Å². The van der Waals surface area contributed by atoms with Crippen LogP contribution in [0.4, 0.5) is 0 Å². The van der Waals surface area contributed by atoms with Crippen LogP contribution in [-0.2, 0) is 24.5 Å². The van der Waals surface area contributed by atoms with E-state index >= 15 is 0 Å². The zero-order valence-electron chi connectivity index (χ0n) is 15.8. The molecule has 0 atom stereocenters. The maximum atomic E-state index is 12.6. The average Bonchev–Trinajstić information content (AvgIpc) is 3.25. The van der Waals surface area contributed by atoms with Gasteiger partial charge >= 0.3 is 0 Å². The molecule has 0 unspecified atom stereocenters. The Morgan fingerprint density at radius 1 is 1.07 bits per heavy atom. The quantitative estimate of drug-likeness (QED) is 0.594. The number of carbonyl (C=O) groups excluding carboxylic acids is 1. The van der Waals surface area contributed by atoms with Crippen LogP contribution in [0.2, 0.25) is 0 Å². The minimum Gasteiger partial charge on any atom is -0.493 e. The number of carbonyl (C=O) groups is 1. The van der Waals surface area contributed by atoms with Gasteiger partial charge in [0.25, 0.3) is 5.91 Å². The zero-order valence-corrected chi connectivity index (χ0v) is 16.6. The molecule has 1 amide bonds. The molecule has 0 fully saturated rings. The number of nitrogens with one attached hydrogen (secondary N) is 1. The van der Waals surface area contributed by atoms with Crippen LogP contribution in [0.15, 0.2) is 53.4 Å². The van der Waals surface area contributed by atoms with Crippen LogP contribution in [0.25, 0.3) is 0 Å². The fourth-order valence-corrected chi connectivity index (χ4v) is 3.24. The monoisotopic (exact) mass is 398 g/mol. The Bertz CT molecular complexity index is 913. The van der Waals surface area contributed by atoms with Gasteiger partial charge in [0.2, 0.25) is 0 Å². The Morgan fingerprint density at radius 2 is 1.89 bits per heavy atom. The molecule has 7 heteroatoms. The fourth-order valence-electron chi connectivity index (χ4n) is 2.69. The molecule has 0 saturated heterocycles. The predicted molar refractivity (Wildman–Crippen MR) is 108 cm³/mol. The van der Waals surface area contributed by atoms with Gasteiger partial charge in [-0.25, -0.2) is 4.98 Å². The summed E-state index contributed by atoms with van der Waals surface area (Å²) in [5.74, 6) is 0.886. The summed E-state index contributed by atoms with van der Waals surface area (Å²) in [6.45, 7) is 1.27. The summed E-state index contributed by atoms with van der Waals surface area (Å²) in [7, 11) is 3.20. The highest BCUT2D eigenvalue weighted by molar-refractivity contribution is 7.07. The number of hydrogen-bond acceptors (Lipinski definition) is 6. The molecule has 146 valence electrons. The van der Waals surface area contributed by atoms with Gasteiger partial charge in [-0.2, -0.15) is 0 Å². The van der Waals surface area contributed by atoms with Crippen molar-refractivity contribution in [2.45, 2.75) is 19.8 Å². The molecule has 0 saturated carbocycles. The summed E-state index contributed by atoms with van der Waals surface area (Å²) >= 11 is 1.52. The van der Waals surface area contributed by atoms with Gasteiger partial charge < -0.3 is 19.5 Å². The Balaban J connectivity index is 1.65. The molecular formula is C21H22N2O4S. The van der Waals surface area contributed by atoms with E-state index in [2.05, 4.69) is 10.3 Å². The highest BCUT2D eigenvalue weighted by atomic mass is 32.1. The molecule has 0 aliphatic rings. The number of benzene rings is 2. The van der Waals surface area contributed by atoms with Crippen molar-refractivity contribution in [3.8, 4) is 11.5 Å². The van der Waals surface area contributed by atoms with Crippen molar-refractivity contribution < 1.29 is 19.0 Å². The van der Waals surface area contributed by atoms with Crippen LogP contribution in [0.3, 0.4) is 0 Å². The number of methoxy groups -OCH3 is 2. The molecule has 3 rings (SSSR count). The maximum Gasteiger partial charge on any atom is 0.251 e. The molecule has 28 heavy (non-hydrogen) atoms. The van der Waals surface area contributed by atoms with E-state index in [9.17, 15) is 4.79 Å². The highest BCUT2D eigenvalue weighted by Gasteiger charge is 2.12. The summed E-state index contributed by atoms with van der Waals surface area (Å²) in [4.78, 5) is 16.7. The lowest BCUT2D eigenvalue weighted by atomic mass is 10.1. The normalized spacial score (nSPS) is 10.5. The van der Waals surface area contributed by atoms with E-state index in [1.807, 2.05) is 29.6 Å². The molecule has 0 aliphatic heterocycles. The van der Waals surface area contributed by atoms with Gasteiger partial charge in [-0.1, -0.05) is 24.3 Å². The fraction of sp³-hybridized carbons (Fsp3) is 0.238. The van der Waals surface area contributed by atoms with E-state index in [4.69, 9.17) is 14.2 Å². The van der Waals surface area contributed by atoms with Crippen LogP contribution < -0.4 is 14.8 Å². The largest absolute Gasteiger partial charge is 0.493 e. The van der Waals surface area contributed by atoms with Crippen molar-refractivity contribution in [2.75, 3.05) is 14.2 Å². The van der Waals surface area contributed by atoms with Gasteiger partial charge in [-0.15, -0.1) is 11.3 Å². The van der Waals surface area contributed by atoms with E-state index in [1.54, 1.807) is 37.9 Å². The molecule has 0 radical (unpaired) electrons. The van der Waals surface area contributed by atoms with E-state index in [-0.39, 0.29) is 5.91 Å². The summed E-state index contributed by atoms with van der Waals surface area (Å²) in [6, 6.07) is 13.0.